The first kappa shape index (κ1) is 22.7. The molecule has 164 valence electrons. The molecule has 2 aromatic rings. The van der Waals surface area contributed by atoms with Gasteiger partial charge in [-0.3, -0.25) is 0 Å². The Balaban J connectivity index is 1.63. The summed E-state index contributed by atoms with van der Waals surface area (Å²) in [6.45, 7) is 2.80. The number of hydrogen-bond donors (Lipinski definition) is 0. The van der Waals surface area contributed by atoms with Crippen LogP contribution in [0.25, 0.3) is 11.1 Å². The van der Waals surface area contributed by atoms with E-state index < -0.39 is 23.6 Å². The van der Waals surface area contributed by atoms with Gasteiger partial charge in [0.2, 0.25) is 0 Å². The molecule has 1 fully saturated rings. The minimum atomic E-state index is -0.973. The molecule has 0 bridgehead atoms. The molecule has 2 nitrogen and oxygen atoms in total. The normalized spacial score (nSPS) is 19.1. The van der Waals surface area contributed by atoms with Crippen LogP contribution < -0.4 is 4.74 Å². The van der Waals surface area contributed by atoms with Gasteiger partial charge >= 0.3 is 0 Å². The second-order valence-corrected chi connectivity index (χ2v) is 8.15. The summed E-state index contributed by atoms with van der Waals surface area (Å²) in [5.74, 6) is -1.94. The first-order chi connectivity index (χ1) is 14.5. The molecular formula is C25H31F3O2. The zero-order valence-corrected chi connectivity index (χ0v) is 17.9. The van der Waals surface area contributed by atoms with Crippen LogP contribution >= 0.6 is 0 Å². The summed E-state index contributed by atoms with van der Waals surface area (Å²) in [5, 5.41) is 0. The number of ether oxygens (including phenoxy) is 2. The van der Waals surface area contributed by atoms with E-state index in [1.165, 1.54) is 57.4 Å². The van der Waals surface area contributed by atoms with Gasteiger partial charge in [-0.2, -0.15) is 0 Å². The fourth-order valence-corrected chi connectivity index (χ4v) is 4.19. The van der Waals surface area contributed by atoms with E-state index in [9.17, 15) is 13.2 Å². The zero-order chi connectivity index (χ0) is 21.5. The van der Waals surface area contributed by atoms with E-state index in [-0.39, 0.29) is 22.4 Å². The van der Waals surface area contributed by atoms with Crippen molar-refractivity contribution in [3.8, 4) is 16.9 Å². The number of hydrogen-bond acceptors (Lipinski definition) is 2. The van der Waals surface area contributed by atoms with Gasteiger partial charge in [0.15, 0.2) is 23.2 Å². The lowest BCUT2D eigenvalue weighted by atomic mass is 9.90. The first-order valence-electron chi connectivity index (χ1n) is 11.0. The molecule has 2 atom stereocenters. The smallest absolute Gasteiger partial charge is 0.167 e. The number of methoxy groups -OCH3 is 1. The van der Waals surface area contributed by atoms with Gasteiger partial charge in [-0.25, -0.2) is 13.2 Å². The highest BCUT2D eigenvalue weighted by Gasteiger charge is 2.27. The summed E-state index contributed by atoms with van der Waals surface area (Å²) in [7, 11) is 1.36. The van der Waals surface area contributed by atoms with Crippen molar-refractivity contribution in [3.05, 3.63) is 53.3 Å². The third-order valence-corrected chi connectivity index (χ3v) is 6.01. The third-order valence-electron chi connectivity index (χ3n) is 6.01. The molecule has 0 radical (unpaired) electrons. The van der Waals surface area contributed by atoms with Crippen LogP contribution in [0.2, 0.25) is 0 Å². The molecule has 0 saturated carbocycles. The largest absolute Gasteiger partial charge is 0.494 e. The minimum Gasteiger partial charge on any atom is -0.494 e. The van der Waals surface area contributed by atoms with Crippen molar-refractivity contribution in [1.29, 1.82) is 0 Å². The Morgan fingerprint density at radius 3 is 2.43 bits per heavy atom. The van der Waals surface area contributed by atoms with Gasteiger partial charge in [0, 0.05) is 11.1 Å². The fraction of sp³-hybridized carbons (Fsp3) is 0.520. The van der Waals surface area contributed by atoms with E-state index in [1.807, 2.05) is 0 Å². The van der Waals surface area contributed by atoms with Crippen LogP contribution in [-0.4, -0.2) is 13.7 Å². The predicted molar refractivity (Wildman–Crippen MR) is 113 cm³/mol. The average Bonchev–Trinajstić information content (AvgIpc) is 2.76. The Kier molecular flexibility index (Phi) is 8.20. The van der Waals surface area contributed by atoms with Crippen LogP contribution in [-0.2, 0) is 4.74 Å². The van der Waals surface area contributed by atoms with Crippen LogP contribution in [0.4, 0.5) is 13.2 Å². The Morgan fingerprint density at radius 1 is 0.967 bits per heavy atom. The van der Waals surface area contributed by atoms with Gasteiger partial charge in [0.05, 0.1) is 19.8 Å². The second kappa shape index (κ2) is 10.9. The maximum atomic E-state index is 14.8. The fourth-order valence-electron chi connectivity index (χ4n) is 4.19. The van der Waals surface area contributed by atoms with Crippen molar-refractivity contribution in [2.45, 2.75) is 64.4 Å². The maximum Gasteiger partial charge on any atom is 0.167 e. The topological polar surface area (TPSA) is 18.5 Å². The molecular weight excluding hydrogens is 389 g/mol. The van der Waals surface area contributed by atoms with E-state index in [1.54, 1.807) is 6.07 Å². The Labute approximate surface area is 177 Å². The molecule has 30 heavy (non-hydrogen) atoms. The van der Waals surface area contributed by atoms with Crippen LogP contribution in [0.5, 0.6) is 5.75 Å². The molecule has 0 amide bonds. The van der Waals surface area contributed by atoms with Gasteiger partial charge < -0.3 is 9.47 Å². The minimum absolute atomic E-state index is 0.0265. The summed E-state index contributed by atoms with van der Waals surface area (Å²) in [6, 6.07) is 7.13. The molecule has 0 aromatic heterocycles. The quantitative estimate of drug-likeness (QED) is 0.389. The van der Waals surface area contributed by atoms with E-state index in [2.05, 4.69) is 6.92 Å². The Hall–Kier alpha value is -2.01. The highest BCUT2D eigenvalue weighted by Crippen LogP contribution is 2.37. The molecule has 0 spiro atoms. The van der Waals surface area contributed by atoms with E-state index in [0.717, 1.165) is 18.9 Å². The summed E-state index contributed by atoms with van der Waals surface area (Å²) < 4.78 is 54.3. The number of benzene rings is 2. The molecule has 1 heterocycles. The molecule has 1 aliphatic rings. The maximum absolute atomic E-state index is 14.8. The van der Waals surface area contributed by atoms with Crippen molar-refractivity contribution in [2.24, 2.45) is 5.92 Å². The van der Waals surface area contributed by atoms with Gasteiger partial charge in [0.1, 0.15) is 0 Å². The highest BCUT2D eigenvalue weighted by atomic mass is 19.2. The number of halogens is 3. The second-order valence-electron chi connectivity index (χ2n) is 8.15. The predicted octanol–water partition coefficient (Wildman–Crippen LogP) is 7.61. The molecule has 1 aliphatic heterocycles. The molecule has 0 N–H and O–H groups in total. The van der Waals surface area contributed by atoms with Gasteiger partial charge in [-0.05, 0) is 42.9 Å². The monoisotopic (exact) mass is 420 g/mol. The van der Waals surface area contributed by atoms with Crippen LogP contribution in [0.15, 0.2) is 30.3 Å². The number of unbranched alkanes of at least 4 members (excludes halogenated alkanes) is 4. The summed E-state index contributed by atoms with van der Waals surface area (Å²) in [5.41, 5.74) is 0.536. The van der Waals surface area contributed by atoms with Crippen molar-refractivity contribution in [3.63, 3.8) is 0 Å². The van der Waals surface area contributed by atoms with Gasteiger partial charge in [-0.15, -0.1) is 0 Å². The van der Waals surface area contributed by atoms with Crippen LogP contribution in [0.3, 0.4) is 0 Å². The summed E-state index contributed by atoms with van der Waals surface area (Å²) >= 11 is 0. The molecule has 2 unspecified atom stereocenters. The lowest BCUT2D eigenvalue weighted by Crippen LogP contribution is -2.21. The third kappa shape index (κ3) is 5.37. The van der Waals surface area contributed by atoms with E-state index >= 15 is 0 Å². The standard InChI is InChI=1S/C25H31F3O2/c1-3-4-5-6-7-8-17-9-13-22(30-16-17)20-12-11-19(24(27)25(20)28)18-10-14-23(29-2)21(26)15-18/h10-12,14-15,17,22H,3-9,13,16H2,1-2H3. The Morgan fingerprint density at radius 2 is 1.77 bits per heavy atom. The molecule has 5 heteroatoms. The highest BCUT2D eigenvalue weighted by molar-refractivity contribution is 5.66. The Bertz CT molecular complexity index is 829. The van der Waals surface area contributed by atoms with Gasteiger partial charge in [-0.1, -0.05) is 57.2 Å². The van der Waals surface area contributed by atoms with Crippen LogP contribution in [0, 0.1) is 23.4 Å². The van der Waals surface area contributed by atoms with Crippen molar-refractivity contribution >= 4 is 0 Å². The zero-order valence-electron chi connectivity index (χ0n) is 17.9. The van der Waals surface area contributed by atoms with Crippen molar-refractivity contribution in [1.82, 2.24) is 0 Å². The molecule has 0 aliphatic carbocycles. The molecule has 1 saturated heterocycles. The summed E-state index contributed by atoms with van der Waals surface area (Å²) in [6.07, 6.45) is 8.61. The van der Waals surface area contributed by atoms with Crippen molar-refractivity contribution < 1.29 is 22.6 Å². The molecule has 3 rings (SSSR count). The van der Waals surface area contributed by atoms with Crippen molar-refractivity contribution in [2.75, 3.05) is 13.7 Å². The lowest BCUT2D eigenvalue weighted by molar-refractivity contribution is -0.0218. The van der Waals surface area contributed by atoms with Gasteiger partial charge in [0.25, 0.3) is 0 Å². The molecule has 2 aromatic carbocycles. The van der Waals surface area contributed by atoms with E-state index in [0.29, 0.717) is 18.9 Å². The average molecular weight is 421 g/mol. The lowest BCUT2D eigenvalue weighted by Gasteiger charge is -2.30. The van der Waals surface area contributed by atoms with Crippen LogP contribution in [0.1, 0.15) is 70.0 Å². The SMILES string of the molecule is CCCCCCCC1CCC(c2ccc(-c3ccc(OC)c(F)c3)c(F)c2F)OC1. The number of rotatable bonds is 9. The summed E-state index contributed by atoms with van der Waals surface area (Å²) in [4.78, 5) is 0. The first-order valence-corrected chi connectivity index (χ1v) is 11.0. The van der Waals surface area contributed by atoms with E-state index in [4.69, 9.17) is 9.47 Å².